The maximum absolute atomic E-state index is 13.1. The fraction of sp³-hybridized carbons (Fsp3) is 0.125. The van der Waals surface area contributed by atoms with Gasteiger partial charge in [-0.25, -0.2) is 9.69 Å². The summed E-state index contributed by atoms with van der Waals surface area (Å²) in [6.45, 7) is 0.886. The minimum absolute atomic E-state index is 0.175. The number of para-hydroxylation sites is 1. The lowest BCUT2D eigenvalue weighted by Gasteiger charge is -2.26. The van der Waals surface area contributed by atoms with E-state index in [2.05, 4.69) is 5.32 Å². The van der Waals surface area contributed by atoms with E-state index in [4.69, 9.17) is 21.1 Å². The molecule has 1 saturated heterocycles. The lowest BCUT2D eigenvalue weighted by molar-refractivity contribution is -0.122. The van der Waals surface area contributed by atoms with E-state index in [0.717, 1.165) is 10.6 Å². The van der Waals surface area contributed by atoms with Crippen molar-refractivity contribution >= 4 is 41.2 Å². The van der Waals surface area contributed by atoms with Crippen LogP contribution in [0.5, 0.6) is 11.5 Å². The molecule has 2 heterocycles. The Bertz CT molecular complexity index is 1240. The molecule has 4 rings (SSSR count). The Labute approximate surface area is 195 Å². The number of nitrogens with one attached hydrogen (secondary N) is 1. The number of imide groups is 2. The van der Waals surface area contributed by atoms with Gasteiger partial charge >= 0.3 is 6.03 Å². The average Bonchev–Trinajstić information content (AvgIpc) is 3.24. The van der Waals surface area contributed by atoms with Crippen LogP contribution in [0.25, 0.3) is 6.08 Å². The Morgan fingerprint density at radius 1 is 1.03 bits per heavy atom. The predicted octanol–water partition coefficient (Wildman–Crippen LogP) is 3.90. The number of aromatic nitrogens is 1. The van der Waals surface area contributed by atoms with E-state index in [0.29, 0.717) is 24.6 Å². The van der Waals surface area contributed by atoms with Gasteiger partial charge < -0.3 is 14.0 Å². The molecule has 9 heteroatoms. The summed E-state index contributed by atoms with van der Waals surface area (Å²) in [5.74, 6) is -0.376. The van der Waals surface area contributed by atoms with Crippen LogP contribution < -0.4 is 19.7 Å². The molecule has 4 amide bonds. The van der Waals surface area contributed by atoms with E-state index in [9.17, 15) is 14.4 Å². The van der Waals surface area contributed by atoms with Gasteiger partial charge in [-0.05, 0) is 48.5 Å². The lowest BCUT2D eigenvalue weighted by atomic mass is 10.1. The van der Waals surface area contributed by atoms with Gasteiger partial charge in [0.2, 0.25) is 0 Å². The van der Waals surface area contributed by atoms with Crippen LogP contribution in [0.3, 0.4) is 0 Å². The molecule has 1 aliphatic heterocycles. The van der Waals surface area contributed by atoms with Gasteiger partial charge in [0.1, 0.15) is 23.7 Å². The summed E-state index contributed by atoms with van der Waals surface area (Å²) in [5, 5.41) is 2.43. The number of amides is 4. The van der Waals surface area contributed by atoms with Gasteiger partial charge in [0.05, 0.1) is 24.4 Å². The van der Waals surface area contributed by atoms with Crippen molar-refractivity contribution in [2.24, 2.45) is 0 Å². The number of anilines is 1. The van der Waals surface area contributed by atoms with Crippen molar-refractivity contribution in [3.63, 3.8) is 0 Å². The number of nitrogens with zero attached hydrogens (tertiary/aromatic N) is 2. The molecule has 0 aliphatic carbocycles. The van der Waals surface area contributed by atoms with Crippen LogP contribution in [0, 0.1) is 0 Å². The van der Waals surface area contributed by atoms with E-state index in [-0.39, 0.29) is 16.3 Å². The topological polar surface area (TPSA) is 89.9 Å². The third-order valence-corrected chi connectivity index (χ3v) is 5.29. The number of benzene rings is 2. The van der Waals surface area contributed by atoms with Crippen molar-refractivity contribution in [1.82, 2.24) is 9.88 Å². The van der Waals surface area contributed by atoms with E-state index in [1.54, 1.807) is 12.1 Å². The second-order valence-corrected chi connectivity index (χ2v) is 7.47. The normalized spacial score (nSPS) is 15.0. The van der Waals surface area contributed by atoms with Crippen LogP contribution in [0.2, 0.25) is 5.02 Å². The Kier molecular flexibility index (Phi) is 6.46. The monoisotopic (exact) mass is 465 g/mol. The van der Waals surface area contributed by atoms with Crippen molar-refractivity contribution in [3.8, 4) is 11.5 Å². The SMILES string of the molecule is COc1ccc(N2C(=O)NC(=O)C(=Cc3cccn3CCOc3ccccc3)C2=O)cc1Cl. The number of ether oxygens (including phenoxy) is 2. The number of urea groups is 1. The highest BCUT2D eigenvalue weighted by Gasteiger charge is 2.37. The molecule has 0 saturated carbocycles. The van der Waals surface area contributed by atoms with Crippen LogP contribution in [0.4, 0.5) is 10.5 Å². The van der Waals surface area contributed by atoms with Gasteiger partial charge in [0.25, 0.3) is 11.8 Å². The molecule has 1 aromatic heterocycles. The van der Waals surface area contributed by atoms with Crippen LogP contribution in [0.1, 0.15) is 5.69 Å². The molecule has 1 N–H and O–H groups in total. The van der Waals surface area contributed by atoms with Gasteiger partial charge in [-0.2, -0.15) is 0 Å². The molecule has 0 spiro atoms. The fourth-order valence-corrected chi connectivity index (χ4v) is 3.63. The van der Waals surface area contributed by atoms with Crippen LogP contribution >= 0.6 is 11.6 Å². The Morgan fingerprint density at radius 3 is 2.55 bits per heavy atom. The van der Waals surface area contributed by atoms with Gasteiger partial charge in [0, 0.05) is 11.9 Å². The number of halogens is 1. The van der Waals surface area contributed by atoms with Gasteiger partial charge in [-0.1, -0.05) is 29.8 Å². The number of hydrogen-bond acceptors (Lipinski definition) is 5. The second kappa shape index (κ2) is 9.62. The maximum Gasteiger partial charge on any atom is 0.335 e. The molecular weight excluding hydrogens is 446 g/mol. The summed E-state index contributed by atoms with van der Waals surface area (Å²) in [6, 6.07) is 16.6. The van der Waals surface area contributed by atoms with Crippen molar-refractivity contribution in [2.45, 2.75) is 6.54 Å². The van der Waals surface area contributed by atoms with Gasteiger partial charge in [-0.15, -0.1) is 0 Å². The third kappa shape index (κ3) is 4.75. The lowest BCUT2D eigenvalue weighted by Crippen LogP contribution is -2.54. The number of hydrogen-bond donors (Lipinski definition) is 1. The smallest absolute Gasteiger partial charge is 0.335 e. The minimum atomic E-state index is -0.852. The molecule has 8 nitrogen and oxygen atoms in total. The molecule has 1 aliphatic rings. The molecule has 0 atom stereocenters. The highest BCUT2D eigenvalue weighted by atomic mass is 35.5. The highest BCUT2D eigenvalue weighted by molar-refractivity contribution is 6.39. The molecule has 0 bridgehead atoms. The summed E-state index contributed by atoms with van der Waals surface area (Å²) in [5.41, 5.74) is 0.658. The molecule has 3 aromatic rings. The molecule has 33 heavy (non-hydrogen) atoms. The summed E-state index contributed by atoms with van der Waals surface area (Å²) in [7, 11) is 1.46. The average molecular weight is 466 g/mol. The van der Waals surface area contributed by atoms with E-state index >= 15 is 0 Å². The van der Waals surface area contributed by atoms with Crippen molar-refractivity contribution < 1.29 is 23.9 Å². The van der Waals surface area contributed by atoms with Crippen molar-refractivity contribution in [1.29, 1.82) is 0 Å². The summed E-state index contributed by atoms with van der Waals surface area (Å²) >= 11 is 6.15. The largest absolute Gasteiger partial charge is 0.495 e. The third-order valence-electron chi connectivity index (χ3n) is 5.00. The zero-order chi connectivity index (χ0) is 23.4. The first-order valence-electron chi connectivity index (χ1n) is 10.1. The van der Waals surface area contributed by atoms with E-state index < -0.39 is 17.8 Å². The number of barbiturate groups is 1. The highest BCUT2D eigenvalue weighted by Crippen LogP contribution is 2.31. The zero-order valence-corrected chi connectivity index (χ0v) is 18.4. The molecule has 168 valence electrons. The number of carbonyl (C=O) groups excluding carboxylic acids is 3. The molecule has 1 fully saturated rings. The van der Waals surface area contributed by atoms with Gasteiger partial charge in [-0.3, -0.25) is 14.9 Å². The Morgan fingerprint density at radius 2 is 1.82 bits per heavy atom. The second-order valence-electron chi connectivity index (χ2n) is 7.06. The standard InChI is InChI=1S/C24H20ClN3O5/c1-32-21-10-9-17(15-20(21)25)28-23(30)19(22(29)26-24(28)31)14-16-6-5-11-27(16)12-13-33-18-7-3-2-4-8-18/h2-11,14-15H,12-13H2,1H3,(H,26,29,31). The first-order chi connectivity index (χ1) is 16.0. The number of carbonyl (C=O) groups is 3. The molecule has 2 aromatic carbocycles. The van der Waals surface area contributed by atoms with Crippen molar-refractivity contribution in [2.75, 3.05) is 18.6 Å². The predicted molar refractivity (Wildman–Crippen MR) is 123 cm³/mol. The Hall–Kier alpha value is -4.04. The molecule has 0 unspecified atom stereocenters. The Balaban J connectivity index is 1.56. The first kappa shape index (κ1) is 22.2. The summed E-state index contributed by atoms with van der Waals surface area (Å²) < 4.78 is 12.7. The first-order valence-corrected chi connectivity index (χ1v) is 10.4. The van der Waals surface area contributed by atoms with E-state index in [1.165, 1.54) is 31.4 Å². The summed E-state index contributed by atoms with van der Waals surface area (Å²) in [4.78, 5) is 38.9. The number of rotatable bonds is 7. The van der Waals surface area contributed by atoms with Crippen LogP contribution in [-0.2, 0) is 16.1 Å². The van der Waals surface area contributed by atoms with E-state index in [1.807, 2.05) is 41.1 Å². The van der Waals surface area contributed by atoms with Crippen LogP contribution in [-0.4, -0.2) is 36.1 Å². The minimum Gasteiger partial charge on any atom is -0.495 e. The summed E-state index contributed by atoms with van der Waals surface area (Å²) in [6.07, 6.45) is 3.27. The number of methoxy groups -OCH3 is 1. The fourth-order valence-electron chi connectivity index (χ4n) is 3.37. The van der Waals surface area contributed by atoms with Crippen molar-refractivity contribution in [3.05, 3.63) is 83.2 Å². The molecule has 0 radical (unpaired) electrons. The maximum atomic E-state index is 13.1. The zero-order valence-electron chi connectivity index (χ0n) is 17.7. The quantitative estimate of drug-likeness (QED) is 0.422. The molecular formula is C24H20ClN3O5. The van der Waals surface area contributed by atoms with Crippen LogP contribution in [0.15, 0.2) is 72.4 Å². The van der Waals surface area contributed by atoms with Gasteiger partial charge in [0.15, 0.2) is 0 Å².